The van der Waals surface area contributed by atoms with Crippen molar-refractivity contribution in [3.05, 3.63) is 45.9 Å². The van der Waals surface area contributed by atoms with Crippen molar-refractivity contribution in [3.8, 4) is 23.0 Å². The predicted octanol–water partition coefficient (Wildman–Crippen LogP) is 4.41. The molecule has 1 N–H and O–H groups in total. The maximum Gasteiger partial charge on any atom is 0.224 e. The Labute approximate surface area is 191 Å². The Morgan fingerprint density at radius 2 is 1.71 bits per heavy atom. The lowest BCUT2D eigenvalue weighted by molar-refractivity contribution is -0.120. The molecule has 166 valence electrons. The molecular formula is C24H28BrNO5. The molecule has 1 fully saturated rings. The Bertz CT molecular complexity index is 955. The highest BCUT2D eigenvalue weighted by Gasteiger charge is 2.36. The summed E-state index contributed by atoms with van der Waals surface area (Å²) in [7, 11) is 3.18. The second kappa shape index (κ2) is 9.39. The van der Waals surface area contributed by atoms with Crippen molar-refractivity contribution in [3.63, 3.8) is 0 Å². The summed E-state index contributed by atoms with van der Waals surface area (Å²) in [5.41, 5.74) is 2.00. The first kappa shape index (κ1) is 21.8. The average Bonchev–Trinajstić information content (AvgIpc) is 3.28. The molecule has 0 saturated heterocycles. The fraction of sp³-hybridized carbons (Fsp3) is 0.458. The third kappa shape index (κ3) is 4.61. The molecular weight excluding hydrogens is 462 g/mol. The zero-order valence-corrected chi connectivity index (χ0v) is 19.5. The minimum atomic E-state index is -0.0691. The third-order valence-corrected chi connectivity index (χ3v) is 6.98. The topological polar surface area (TPSA) is 66.0 Å². The van der Waals surface area contributed by atoms with Crippen LogP contribution in [0.4, 0.5) is 0 Å². The van der Waals surface area contributed by atoms with E-state index in [0.29, 0.717) is 31.3 Å². The molecule has 2 aromatic carbocycles. The summed E-state index contributed by atoms with van der Waals surface area (Å²) in [5.74, 6) is 2.82. The molecule has 2 aliphatic rings. The first-order valence-electron chi connectivity index (χ1n) is 10.6. The summed E-state index contributed by atoms with van der Waals surface area (Å²) in [6.45, 7) is 1.76. The van der Waals surface area contributed by atoms with Gasteiger partial charge in [-0.05, 0) is 48.2 Å². The van der Waals surface area contributed by atoms with E-state index in [2.05, 4.69) is 33.4 Å². The molecule has 31 heavy (non-hydrogen) atoms. The second-order valence-electron chi connectivity index (χ2n) is 8.10. The van der Waals surface area contributed by atoms with Crippen molar-refractivity contribution in [1.82, 2.24) is 5.32 Å². The van der Waals surface area contributed by atoms with Crippen molar-refractivity contribution >= 4 is 21.8 Å². The third-order valence-electron chi connectivity index (χ3n) is 6.24. The number of fused-ring (bicyclic) bond motifs is 1. The van der Waals surface area contributed by atoms with Crippen LogP contribution in [-0.4, -0.2) is 39.9 Å². The van der Waals surface area contributed by atoms with Crippen molar-refractivity contribution in [2.24, 2.45) is 0 Å². The van der Waals surface area contributed by atoms with Gasteiger partial charge in [-0.2, -0.15) is 0 Å². The van der Waals surface area contributed by atoms with Crippen molar-refractivity contribution in [2.75, 3.05) is 34.0 Å². The predicted molar refractivity (Wildman–Crippen MR) is 122 cm³/mol. The number of ether oxygens (including phenoxy) is 4. The van der Waals surface area contributed by atoms with Gasteiger partial charge in [0.05, 0.1) is 20.6 Å². The van der Waals surface area contributed by atoms with Crippen LogP contribution in [-0.2, 0) is 16.6 Å². The normalized spacial score (nSPS) is 16.6. The van der Waals surface area contributed by atoms with Crippen LogP contribution in [0, 0.1) is 0 Å². The van der Waals surface area contributed by atoms with E-state index in [1.165, 1.54) is 5.56 Å². The summed E-state index contributed by atoms with van der Waals surface area (Å²) < 4.78 is 23.0. The highest BCUT2D eigenvalue weighted by molar-refractivity contribution is 9.10. The maximum absolute atomic E-state index is 12.8. The van der Waals surface area contributed by atoms with Gasteiger partial charge >= 0.3 is 0 Å². The van der Waals surface area contributed by atoms with E-state index >= 15 is 0 Å². The van der Waals surface area contributed by atoms with Gasteiger partial charge in [0.25, 0.3) is 0 Å². The molecule has 0 spiro atoms. The zero-order chi connectivity index (χ0) is 21.8. The Kier molecular flexibility index (Phi) is 6.60. The lowest BCUT2D eigenvalue weighted by Gasteiger charge is -2.31. The van der Waals surface area contributed by atoms with E-state index in [4.69, 9.17) is 18.9 Å². The van der Waals surface area contributed by atoms with Gasteiger partial charge < -0.3 is 24.3 Å². The first-order valence-corrected chi connectivity index (χ1v) is 11.4. The number of carbonyl (C=O) groups excluding carboxylic acids is 1. The number of hydrogen-bond acceptors (Lipinski definition) is 5. The zero-order valence-electron chi connectivity index (χ0n) is 18.0. The Balaban J connectivity index is 1.47. The van der Waals surface area contributed by atoms with Crippen LogP contribution in [0.3, 0.4) is 0 Å². The van der Waals surface area contributed by atoms with Crippen LogP contribution in [0.1, 0.15) is 36.8 Å². The van der Waals surface area contributed by atoms with E-state index in [0.717, 1.165) is 47.2 Å². The van der Waals surface area contributed by atoms with Crippen LogP contribution >= 0.6 is 15.9 Å². The molecule has 1 heterocycles. The minimum absolute atomic E-state index is 0.0169. The standard InChI is InChI=1S/C24H28BrNO5/c1-28-20-11-16(18(25)14-21(20)29-2)12-23(27)26-15-24(7-3-4-8-24)17-5-6-19-22(13-17)31-10-9-30-19/h5-6,11,13-14H,3-4,7-10,12,15H2,1-2H3,(H,26,27). The monoisotopic (exact) mass is 489 g/mol. The molecule has 1 saturated carbocycles. The van der Waals surface area contributed by atoms with Gasteiger partial charge in [0, 0.05) is 16.4 Å². The van der Waals surface area contributed by atoms with Crippen LogP contribution in [0.2, 0.25) is 0 Å². The minimum Gasteiger partial charge on any atom is -0.493 e. The number of halogens is 1. The number of hydrogen-bond donors (Lipinski definition) is 1. The molecule has 0 radical (unpaired) electrons. The molecule has 4 rings (SSSR count). The summed E-state index contributed by atoms with van der Waals surface area (Å²) in [6, 6.07) is 9.88. The number of rotatable bonds is 7. The van der Waals surface area contributed by atoms with E-state index in [9.17, 15) is 4.79 Å². The molecule has 0 aromatic heterocycles. The van der Waals surface area contributed by atoms with Crippen LogP contribution in [0.5, 0.6) is 23.0 Å². The summed E-state index contributed by atoms with van der Waals surface area (Å²) in [6.07, 6.45) is 4.68. The average molecular weight is 490 g/mol. The summed E-state index contributed by atoms with van der Waals surface area (Å²) in [4.78, 5) is 12.8. The Morgan fingerprint density at radius 1 is 1.03 bits per heavy atom. The molecule has 1 amide bonds. The highest BCUT2D eigenvalue weighted by Crippen LogP contribution is 2.44. The Morgan fingerprint density at radius 3 is 2.42 bits per heavy atom. The lowest BCUT2D eigenvalue weighted by atomic mass is 9.78. The van der Waals surface area contributed by atoms with Crippen LogP contribution < -0.4 is 24.3 Å². The van der Waals surface area contributed by atoms with E-state index in [1.54, 1.807) is 14.2 Å². The van der Waals surface area contributed by atoms with Crippen molar-refractivity contribution in [2.45, 2.75) is 37.5 Å². The SMILES string of the molecule is COc1cc(Br)c(CC(=O)NCC2(c3ccc4c(c3)OCCO4)CCCC2)cc1OC. The molecule has 2 aromatic rings. The van der Waals surface area contributed by atoms with E-state index in [-0.39, 0.29) is 17.7 Å². The second-order valence-corrected chi connectivity index (χ2v) is 8.95. The molecule has 1 aliphatic heterocycles. The fourth-order valence-electron chi connectivity index (χ4n) is 4.53. The van der Waals surface area contributed by atoms with Gasteiger partial charge in [-0.25, -0.2) is 0 Å². The quantitative estimate of drug-likeness (QED) is 0.623. The van der Waals surface area contributed by atoms with Crippen molar-refractivity contribution < 1.29 is 23.7 Å². The van der Waals surface area contributed by atoms with Gasteiger partial charge in [0.1, 0.15) is 13.2 Å². The molecule has 0 atom stereocenters. The van der Waals surface area contributed by atoms with E-state index < -0.39 is 0 Å². The molecule has 0 bridgehead atoms. The van der Waals surface area contributed by atoms with Crippen LogP contribution in [0.25, 0.3) is 0 Å². The van der Waals surface area contributed by atoms with Gasteiger partial charge in [-0.1, -0.05) is 34.8 Å². The van der Waals surface area contributed by atoms with Gasteiger partial charge in [-0.15, -0.1) is 0 Å². The first-order chi connectivity index (χ1) is 15.0. The number of carbonyl (C=O) groups is 1. The fourth-order valence-corrected chi connectivity index (χ4v) is 4.99. The van der Waals surface area contributed by atoms with Crippen LogP contribution in [0.15, 0.2) is 34.8 Å². The molecule has 0 unspecified atom stereocenters. The number of amides is 1. The largest absolute Gasteiger partial charge is 0.493 e. The smallest absolute Gasteiger partial charge is 0.224 e. The molecule has 7 heteroatoms. The summed E-state index contributed by atoms with van der Waals surface area (Å²) >= 11 is 3.54. The molecule has 6 nitrogen and oxygen atoms in total. The van der Waals surface area contributed by atoms with Gasteiger partial charge in [0.15, 0.2) is 23.0 Å². The number of benzene rings is 2. The number of nitrogens with one attached hydrogen (secondary N) is 1. The van der Waals surface area contributed by atoms with Gasteiger partial charge in [0.2, 0.25) is 5.91 Å². The van der Waals surface area contributed by atoms with Crippen molar-refractivity contribution in [1.29, 1.82) is 0 Å². The lowest BCUT2D eigenvalue weighted by Crippen LogP contribution is -2.39. The number of methoxy groups -OCH3 is 2. The summed E-state index contributed by atoms with van der Waals surface area (Å²) in [5, 5.41) is 3.18. The Hall–Kier alpha value is -2.41. The van der Waals surface area contributed by atoms with E-state index in [1.807, 2.05) is 18.2 Å². The highest BCUT2D eigenvalue weighted by atomic mass is 79.9. The molecule has 1 aliphatic carbocycles. The van der Waals surface area contributed by atoms with Gasteiger partial charge in [-0.3, -0.25) is 4.79 Å². The maximum atomic E-state index is 12.8.